The summed E-state index contributed by atoms with van der Waals surface area (Å²) in [5.41, 5.74) is 4.72. The van der Waals surface area contributed by atoms with Crippen molar-refractivity contribution >= 4 is 21.4 Å². The second-order valence-electron chi connectivity index (χ2n) is 5.17. The third-order valence-corrected chi connectivity index (χ3v) is 6.42. The van der Waals surface area contributed by atoms with Gasteiger partial charge in [0.2, 0.25) is 10.0 Å². The molecule has 5 heteroatoms. The summed E-state index contributed by atoms with van der Waals surface area (Å²) in [5, 5.41) is 4.27. The molecule has 0 aliphatic carbocycles. The Hall–Kier alpha value is -1.17. The van der Waals surface area contributed by atoms with E-state index in [1.54, 1.807) is 15.6 Å². The van der Waals surface area contributed by atoms with Crippen LogP contribution in [0.4, 0.5) is 0 Å². The highest BCUT2D eigenvalue weighted by Crippen LogP contribution is 2.28. The summed E-state index contributed by atoms with van der Waals surface area (Å²) < 4.78 is 25.3. The number of thiophene rings is 1. The fraction of sp³-hybridized carbons (Fsp3) is 0.333. The van der Waals surface area contributed by atoms with Gasteiger partial charge in [-0.25, -0.2) is 8.42 Å². The lowest BCUT2D eigenvalue weighted by molar-refractivity contribution is 0.440. The van der Waals surface area contributed by atoms with E-state index in [1.807, 2.05) is 12.1 Å². The van der Waals surface area contributed by atoms with Crippen molar-refractivity contribution in [1.29, 1.82) is 0 Å². The van der Waals surface area contributed by atoms with E-state index in [1.165, 1.54) is 11.1 Å². The quantitative estimate of drug-likeness (QED) is 0.873. The van der Waals surface area contributed by atoms with Gasteiger partial charge in [-0.3, -0.25) is 0 Å². The van der Waals surface area contributed by atoms with Crippen molar-refractivity contribution in [2.75, 3.05) is 12.3 Å². The molecule has 0 unspecified atom stereocenters. The van der Waals surface area contributed by atoms with Crippen LogP contribution in [0.1, 0.15) is 17.5 Å². The van der Waals surface area contributed by atoms with E-state index in [-0.39, 0.29) is 5.75 Å². The van der Waals surface area contributed by atoms with Crippen LogP contribution >= 0.6 is 11.3 Å². The van der Waals surface area contributed by atoms with E-state index < -0.39 is 10.0 Å². The smallest absolute Gasteiger partial charge is 0.212 e. The second kappa shape index (κ2) is 5.31. The maximum absolute atomic E-state index is 11.9. The number of hydrogen-bond donors (Lipinski definition) is 0. The Morgan fingerprint density at radius 1 is 1.30 bits per heavy atom. The van der Waals surface area contributed by atoms with E-state index in [9.17, 15) is 8.42 Å². The summed E-state index contributed by atoms with van der Waals surface area (Å²) in [7, 11) is -3.02. The summed E-state index contributed by atoms with van der Waals surface area (Å²) in [5.74, 6) is 0.288. The van der Waals surface area contributed by atoms with Gasteiger partial charge in [-0.15, -0.1) is 0 Å². The molecule has 1 aliphatic heterocycles. The van der Waals surface area contributed by atoms with Crippen LogP contribution in [0.15, 0.2) is 35.0 Å². The molecule has 0 spiro atoms. The third-order valence-electron chi connectivity index (χ3n) is 3.66. The van der Waals surface area contributed by atoms with Crippen LogP contribution in [0.25, 0.3) is 11.1 Å². The molecular formula is C15H17NO2S2. The minimum atomic E-state index is -3.02. The van der Waals surface area contributed by atoms with Gasteiger partial charge in [-0.2, -0.15) is 15.6 Å². The van der Waals surface area contributed by atoms with Crippen molar-refractivity contribution < 1.29 is 8.42 Å². The fourth-order valence-corrected chi connectivity index (χ4v) is 4.93. The van der Waals surface area contributed by atoms with Gasteiger partial charge in [-0.1, -0.05) is 18.2 Å². The summed E-state index contributed by atoms with van der Waals surface area (Å²) in [6.45, 7) is 3.23. The average Bonchev–Trinajstić information content (AvgIpc) is 2.97. The monoisotopic (exact) mass is 307 g/mol. The van der Waals surface area contributed by atoms with Crippen LogP contribution < -0.4 is 0 Å². The SMILES string of the molecule is Cc1cscc1-c1cccc(CN2CCCS2(=O)=O)c1. The Labute approximate surface area is 123 Å². The van der Waals surface area contributed by atoms with Gasteiger partial charge < -0.3 is 0 Å². The third kappa shape index (κ3) is 2.66. The molecule has 0 bridgehead atoms. The Morgan fingerprint density at radius 2 is 2.15 bits per heavy atom. The first-order valence-electron chi connectivity index (χ1n) is 6.66. The fourth-order valence-electron chi connectivity index (χ4n) is 2.57. The largest absolute Gasteiger partial charge is 0.214 e. The molecule has 1 saturated heterocycles. The Balaban J connectivity index is 1.87. The van der Waals surface area contributed by atoms with Gasteiger partial charge >= 0.3 is 0 Å². The zero-order valence-corrected chi connectivity index (χ0v) is 13.0. The van der Waals surface area contributed by atoms with Crippen molar-refractivity contribution in [2.24, 2.45) is 0 Å². The Bertz CT molecular complexity index is 719. The normalized spacial score (nSPS) is 18.4. The van der Waals surface area contributed by atoms with Gasteiger partial charge in [0.05, 0.1) is 5.75 Å². The molecule has 20 heavy (non-hydrogen) atoms. The molecule has 3 nitrogen and oxygen atoms in total. The lowest BCUT2D eigenvalue weighted by Gasteiger charge is -2.14. The molecular weight excluding hydrogens is 290 g/mol. The maximum Gasteiger partial charge on any atom is 0.214 e. The number of rotatable bonds is 3. The molecule has 1 fully saturated rings. The molecule has 0 N–H and O–H groups in total. The summed E-state index contributed by atoms with van der Waals surface area (Å²) in [6, 6.07) is 8.18. The summed E-state index contributed by atoms with van der Waals surface area (Å²) >= 11 is 1.69. The first-order chi connectivity index (χ1) is 9.56. The maximum atomic E-state index is 11.9. The lowest BCUT2D eigenvalue weighted by Crippen LogP contribution is -2.25. The van der Waals surface area contributed by atoms with E-state index >= 15 is 0 Å². The molecule has 2 aromatic rings. The van der Waals surface area contributed by atoms with E-state index in [2.05, 4.69) is 29.8 Å². The lowest BCUT2D eigenvalue weighted by atomic mass is 10.0. The molecule has 106 valence electrons. The number of sulfonamides is 1. The topological polar surface area (TPSA) is 37.4 Å². The molecule has 2 heterocycles. The molecule has 1 aromatic carbocycles. The highest BCUT2D eigenvalue weighted by Gasteiger charge is 2.27. The van der Waals surface area contributed by atoms with E-state index in [4.69, 9.17) is 0 Å². The standard InChI is InChI=1S/C15H17NO2S2/c1-12-10-19-11-15(12)14-5-2-4-13(8-14)9-16-6-3-7-20(16,17)18/h2,4-5,8,10-11H,3,6-7,9H2,1H3. The van der Waals surface area contributed by atoms with Crippen LogP contribution in [0.5, 0.6) is 0 Å². The second-order valence-corrected chi connectivity index (χ2v) is 8.00. The number of aryl methyl sites for hydroxylation is 1. The van der Waals surface area contributed by atoms with Crippen LogP contribution in [0, 0.1) is 6.92 Å². The number of hydrogen-bond acceptors (Lipinski definition) is 3. The molecule has 1 aromatic heterocycles. The van der Waals surface area contributed by atoms with Crippen LogP contribution in [0.2, 0.25) is 0 Å². The number of benzene rings is 1. The average molecular weight is 307 g/mol. The van der Waals surface area contributed by atoms with Crippen LogP contribution in [-0.2, 0) is 16.6 Å². The van der Waals surface area contributed by atoms with Crippen molar-refractivity contribution in [1.82, 2.24) is 4.31 Å². The van der Waals surface area contributed by atoms with Gasteiger partial charge in [-0.05, 0) is 52.4 Å². The van der Waals surface area contributed by atoms with Crippen molar-refractivity contribution in [3.05, 3.63) is 46.2 Å². The van der Waals surface area contributed by atoms with Gasteiger partial charge in [0.15, 0.2) is 0 Å². The van der Waals surface area contributed by atoms with Crippen LogP contribution in [0.3, 0.4) is 0 Å². The summed E-state index contributed by atoms with van der Waals surface area (Å²) in [6.07, 6.45) is 0.742. The number of nitrogens with zero attached hydrogens (tertiary/aromatic N) is 1. The Morgan fingerprint density at radius 3 is 2.80 bits per heavy atom. The summed E-state index contributed by atoms with van der Waals surface area (Å²) in [4.78, 5) is 0. The van der Waals surface area contributed by atoms with Gasteiger partial charge in [0.1, 0.15) is 0 Å². The van der Waals surface area contributed by atoms with Crippen molar-refractivity contribution in [3.63, 3.8) is 0 Å². The minimum absolute atomic E-state index is 0.288. The highest BCUT2D eigenvalue weighted by atomic mass is 32.2. The zero-order chi connectivity index (χ0) is 14.2. The molecule has 0 atom stereocenters. The van der Waals surface area contributed by atoms with Crippen LogP contribution in [-0.4, -0.2) is 25.0 Å². The van der Waals surface area contributed by atoms with Gasteiger partial charge in [0.25, 0.3) is 0 Å². The van der Waals surface area contributed by atoms with Crippen molar-refractivity contribution in [3.8, 4) is 11.1 Å². The molecule has 0 radical (unpaired) electrons. The molecule has 3 rings (SSSR count). The molecule has 1 aliphatic rings. The first-order valence-corrected chi connectivity index (χ1v) is 9.21. The predicted octanol–water partition coefficient (Wildman–Crippen LogP) is 3.26. The zero-order valence-electron chi connectivity index (χ0n) is 11.4. The molecule has 0 amide bonds. The Kier molecular flexibility index (Phi) is 3.67. The van der Waals surface area contributed by atoms with E-state index in [0.29, 0.717) is 13.1 Å². The van der Waals surface area contributed by atoms with Crippen molar-refractivity contribution in [2.45, 2.75) is 19.9 Å². The predicted molar refractivity (Wildman–Crippen MR) is 83.3 cm³/mol. The van der Waals surface area contributed by atoms with Gasteiger partial charge in [0, 0.05) is 13.1 Å². The first kappa shape index (κ1) is 13.8. The highest BCUT2D eigenvalue weighted by molar-refractivity contribution is 7.89. The van der Waals surface area contributed by atoms with E-state index in [0.717, 1.165) is 17.5 Å². The molecule has 0 saturated carbocycles. The minimum Gasteiger partial charge on any atom is -0.212 e.